The van der Waals surface area contributed by atoms with Crippen LogP contribution in [0.3, 0.4) is 0 Å². The van der Waals surface area contributed by atoms with Gasteiger partial charge in [-0.05, 0) is 18.3 Å². The standard InChI is InChI=1S/C11H15ClN2O2S/c1-11(2)3-5-14(6-4-11)10-13-8(12)7(17-10)9(15)16/h3-6H2,1-2H3,(H,15,16). The van der Waals surface area contributed by atoms with E-state index in [2.05, 4.69) is 23.7 Å². The zero-order chi connectivity index (χ0) is 12.6. The summed E-state index contributed by atoms with van der Waals surface area (Å²) in [6.07, 6.45) is 2.18. The van der Waals surface area contributed by atoms with Gasteiger partial charge in [0.05, 0.1) is 0 Å². The molecule has 0 saturated carbocycles. The Hall–Kier alpha value is -0.810. The molecule has 1 aliphatic rings. The molecule has 0 bridgehead atoms. The molecule has 0 atom stereocenters. The molecule has 1 N–H and O–H groups in total. The van der Waals surface area contributed by atoms with Crippen molar-refractivity contribution >= 4 is 34.0 Å². The fourth-order valence-electron chi connectivity index (χ4n) is 1.86. The average molecular weight is 275 g/mol. The Morgan fingerprint density at radius 3 is 2.53 bits per heavy atom. The summed E-state index contributed by atoms with van der Waals surface area (Å²) in [5, 5.41) is 9.75. The largest absolute Gasteiger partial charge is 0.477 e. The number of aromatic nitrogens is 1. The Morgan fingerprint density at radius 2 is 2.06 bits per heavy atom. The smallest absolute Gasteiger partial charge is 0.349 e. The third kappa shape index (κ3) is 2.72. The number of piperidine rings is 1. The summed E-state index contributed by atoms with van der Waals surface area (Å²) in [7, 11) is 0. The molecule has 17 heavy (non-hydrogen) atoms. The second-order valence-corrected chi connectivity index (χ2v) is 6.41. The van der Waals surface area contributed by atoms with Crippen molar-refractivity contribution in [2.24, 2.45) is 5.41 Å². The van der Waals surface area contributed by atoms with E-state index in [4.69, 9.17) is 16.7 Å². The molecule has 1 aromatic heterocycles. The van der Waals surface area contributed by atoms with Gasteiger partial charge in [-0.15, -0.1) is 0 Å². The van der Waals surface area contributed by atoms with Crippen LogP contribution in [-0.2, 0) is 0 Å². The van der Waals surface area contributed by atoms with Crippen molar-refractivity contribution in [3.8, 4) is 0 Å². The molecule has 1 fully saturated rings. The number of halogens is 1. The van der Waals surface area contributed by atoms with Crippen LogP contribution in [0.15, 0.2) is 0 Å². The zero-order valence-corrected chi connectivity index (χ0v) is 11.4. The van der Waals surface area contributed by atoms with Crippen LogP contribution in [0.4, 0.5) is 5.13 Å². The van der Waals surface area contributed by atoms with Crippen molar-refractivity contribution in [1.82, 2.24) is 4.98 Å². The molecule has 0 radical (unpaired) electrons. The number of carboxylic acids is 1. The van der Waals surface area contributed by atoms with Crippen LogP contribution in [-0.4, -0.2) is 29.1 Å². The van der Waals surface area contributed by atoms with Gasteiger partial charge in [0.25, 0.3) is 0 Å². The molecule has 0 amide bonds. The van der Waals surface area contributed by atoms with E-state index in [1.54, 1.807) is 0 Å². The average Bonchev–Trinajstić information content (AvgIpc) is 2.60. The highest BCUT2D eigenvalue weighted by Gasteiger charge is 2.28. The molecule has 0 aromatic carbocycles. The summed E-state index contributed by atoms with van der Waals surface area (Å²) in [5.41, 5.74) is 0.368. The predicted molar refractivity (Wildman–Crippen MR) is 69.3 cm³/mol. The highest BCUT2D eigenvalue weighted by Crippen LogP contribution is 2.35. The normalized spacial score (nSPS) is 19.4. The second kappa shape index (κ2) is 4.46. The van der Waals surface area contributed by atoms with Gasteiger partial charge >= 0.3 is 5.97 Å². The lowest BCUT2D eigenvalue weighted by molar-refractivity contribution is 0.0702. The fourth-order valence-corrected chi connectivity index (χ4v) is 3.04. The molecule has 0 spiro atoms. The first-order valence-electron chi connectivity index (χ1n) is 5.54. The van der Waals surface area contributed by atoms with Gasteiger partial charge in [0, 0.05) is 13.1 Å². The Bertz CT molecular complexity index is 435. The third-order valence-electron chi connectivity index (χ3n) is 3.16. The minimum atomic E-state index is -1.00. The summed E-state index contributed by atoms with van der Waals surface area (Å²) in [5.74, 6) is -1.00. The third-order valence-corrected chi connectivity index (χ3v) is 4.65. The number of carboxylic acid groups (broad SMARTS) is 1. The molecule has 0 aliphatic carbocycles. The quantitative estimate of drug-likeness (QED) is 0.900. The lowest BCUT2D eigenvalue weighted by Gasteiger charge is -2.36. The van der Waals surface area contributed by atoms with Gasteiger partial charge in [-0.25, -0.2) is 9.78 Å². The zero-order valence-electron chi connectivity index (χ0n) is 9.86. The first-order valence-corrected chi connectivity index (χ1v) is 6.73. The van der Waals surface area contributed by atoms with Crippen LogP contribution in [0, 0.1) is 5.41 Å². The van der Waals surface area contributed by atoms with Crippen molar-refractivity contribution in [2.45, 2.75) is 26.7 Å². The minimum Gasteiger partial charge on any atom is -0.477 e. The maximum Gasteiger partial charge on any atom is 0.349 e. The number of hydrogen-bond acceptors (Lipinski definition) is 4. The Labute approximate surface area is 109 Å². The van der Waals surface area contributed by atoms with Crippen LogP contribution < -0.4 is 4.90 Å². The fraction of sp³-hybridized carbons (Fsp3) is 0.636. The van der Waals surface area contributed by atoms with Crippen LogP contribution >= 0.6 is 22.9 Å². The molecule has 0 unspecified atom stereocenters. The molecule has 94 valence electrons. The maximum absolute atomic E-state index is 10.9. The highest BCUT2D eigenvalue weighted by molar-refractivity contribution is 7.18. The molecule has 6 heteroatoms. The molecule has 2 rings (SSSR count). The van der Waals surface area contributed by atoms with E-state index in [-0.39, 0.29) is 10.0 Å². The molecule has 1 aliphatic heterocycles. The van der Waals surface area contributed by atoms with Crippen LogP contribution in [0.5, 0.6) is 0 Å². The number of anilines is 1. The summed E-state index contributed by atoms with van der Waals surface area (Å²) >= 11 is 6.96. The Kier molecular flexibility index (Phi) is 3.32. The van der Waals surface area contributed by atoms with Crippen molar-refractivity contribution in [2.75, 3.05) is 18.0 Å². The van der Waals surface area contributed by atoms with Crippen molar-refractivity contribution in [1.29, 1.82) is 0 Å². The van der Waals surface area contributed by atoms with E-state index in [0.717, 1.165) is 42.4 Å². The lowest BCUT2D eigenvalue weighted by Crippen LogP contribution is -2.37. The van der Waals surface area contributed by atoms with Gasteiger partial charge in [0.15, 0.2) is 15.2 Å². The molecule has 4 nitrogen and oxygen atoms in total. The first kappa shape index (κ1) is 12.6. The Morgan fingerprint density at radius 1 is 1.47 bits per heavy atom. The van der Waals surface area contributed by atoms with E-state index in [1.807, 2.05) is 0 Å². The minimum absolute atomic E-state index is 0.0994. The van der Waals surface area contributed by atoms with Gasteiger partial charge < -0.3 is 10.0 Å². The Balaban J connectivity index is 2.14. The number of carbonyl (C=O) groups is 1. The van der Waals surface area contributed by atoms with E-state index < -0.39 is 5.97 Å². The van der Waals surface area contributed by atoms with Crippen molar-refractivity contribution < 1.29 is 9.90 Å². The van der Waals surface area contributed by atoms with Crippen molar-refractivity contribution in [3.63, 3.8) is 0 Å². The van der Waals surface area contributed by atoms with Gasteiger partial charge in [-0.3, -0.25) is 0 Å². The summed E-state index contributed by atoms with van der Waals surface area (Å²) in [4.78, 5) is 17.3. The SMILES string of the molecule is CC1(C)CCN(c2nc(Cl)c(C(=O)O)s2)CC1. The molecule has 2 heterocycles. The van der Waals surface area contributed by atoms with E-state index in [0.29, 0.717) is 5.41 Å². The molecular weight excluding hydrogens is 260 g/mol. The number of aromatic carboxylic acids is 1. The van der Waals surface area contributed by atoms with Crippen LogP contribution in [0.25, 0.3) is 0 Å². The second-order valence-electron chi connectivity index (χ2n) is 5.07. The van der Waals surface area contributed by atoms with Gasteiger partial charge in [0.2, 0.25) is 0 Å². The summed E-state index contributed by atoms with van der Waals surface area (Å²) in [6, 6.07) is 0. The maximum atomic E-state index is 10.9. The topological polar surface area (TPSA) is 53.4 Å². The lowest BCUT2D eigenvalue weighted by atomic mass is 9.83. The van der Waals surface area contributed by atoms with Crippen molar-refractivity contribution in [3.05, 3.63) is 10.0 Å². The first-order chi connectivity index (χ1) is 7.89. The van der Waals surface area contributed by atoms with Crippen LogP contribution in [0.1, 0.15) is 36.4 Å². The van der Waals surface area contributed by atoms with Gasteiger partial charge in [-0.2, -0.15) is 0 Å². The molecular formula is C11H15ClN2O2S. The summed E-state index contributed by atoms with van der Waals surface area (Å²) in [6.45, 7) is 6.33. The van der Waals surface area contributed by atoms with E-state index in [9.17, 15) is 4.79 Å². The highest BCUT2D eigenvalue weighted by atomic mass is 35.5. The van der Waals surface area contributed by atoms with E-state index in [1.165, 1.54) is 0 Å². The van der Waals surface area contributed by atoms with Crippen LogP contribution in [0.2, 0.25) is 5.15 Å². The predicted octanol–water partition coefficient (Wildman–Crippen LogP) is 3.12. The van der Waals surface area contributed by atoms with E-state index >= 15 is 0 Å². The number of nitrogens with zero attached hydrogens (tertiary/aromatic N) is 2. The monoisotopic (exact) mass is 274 g/mol. The number of thiazole rings is 1. The van der Waals surface area contributed by atoms with Gasteiger partial charge in [0.1, 0.15) is 0 Å². The number of rotatable bonds is 2. The molecule has 1 aromatic rings. The molecule has 1 saturated heterocycles. The summed E-state index contributed by atoms with van der Waals surface area (Å²) < 4.78 is 0. The van der Waals surface area contributed by atoms with Gasteiger partial charge in [-0.1, -0.05) is 36.8 Å². The number of hydrogen-bond donors (Lipinski definition) is 1.